The van der Waals surface area contributed by atoms with E-state index >= 15 is 0 Å². The Labute approximate surface area is 151 Å². The number of phenolic OH excluding ortho intramolecular Hbond substituents is 2. The average Bonchev–Trinajstić information content (AvgIpc) is 2.62. The quantitative estimate of drug-likeness (QED) is 0.599. The third kappa shape index (κ3) is 3.42. The molecule has 3 aromatic rings. The summed E-state index contributed by atoms with van der Waals surface area (Å²) in [7, 11) is -4.43. The van der Waals surface area contributed by atoms with Crippen LogP contribution in [0.2, 0.25) is 0 Å². The maximum atomic E-state index is 11.4. The van der Waals surface area contributed by atoms with Crippen LogP contribution in [0.25, 0.3) is 11.1 Å². The van der Waals surface area contributed by atoms with Crippen molar-refractivity contribution in [3.63, 3.8) is 0 Å². The SMILES string of the molecule is CC(c1ccccc1)c1cccc(-c2cc(S(=O)(=O)O)ccc2O)c1O. The molecule has 0 aromatic heterocycles. The Hall–Kier alpha value is -2.83. The van der Waals surface area contributed by atoms with Crippen molar-refractivity contribution >= 4 is 10.1 Å². The first kappa shape index (κ1) is 18.0. The Morgan fingerprint density at radius 2 is 1.54 bits per heavy atom. The molecule has 1 atom stereocenters. The molecule has 0 bridgehead atoms. The molecule has 26 heavy (non-hydrogen) atoms. The third-order valence-electron chi connectivity index (χ3n) is 4.39. The molecule has 0 aliphatic carbocycles. The van der Waals surface area contributed by atoms with Gasteiger partial charge in [-0.25, -0.2) is 0 Å². The highest BCUT2D eigenvalue weighted by molar-refractivity contribution is 7.85. The van der Waals surface area contributed by atoms with Crippen molar-refractivity contribution in [2.24, 2.45) is 0 Å². The van der Waals surface area contributed by atoms with Crippen molar-refractivity contribution < 1.29 is 23.2 Å². The van der Waals surface area contributed by atoms with Crippen LogP contribution >= 0.6 is 0 Å². The smallest absolute Gasteiger partial charge is 0.294 e. The molecule has 0 radical (unpaired) electrons. The maximum absolute atomic E-state index is 11.4. The van der Waals surface area contributed by atoms with E-state index in [1.807, 2.05) is 37.3 Å². The van der Waals surface area contributed by atoms with E-state index in [4.69, 9.17) is 0 Å². The van der Waals surface area contributed by atoms with Crippen molar-refractivity contribution in [2.45, 2.75) is 17.7 Å². The molecule has 5 nitrogen and oxygen atoms in total. The molecular formula is C20H18O5S. The summed E-state index contributed by atoms with van der Waals surface area (Å²) in [4.78, 5) is -0.355. The van der Waals surface area contributed by atoms with Crippen molar-refractivity contribution in [3.05, 3.63) is 77.9 Å². The monoisotopic (exact) mass is 370 g/mol. The van der Waals surface area contributed by atoms with Gasteiger partial charge in [0.15, 0.2) is 0 Å². The van der Waals surface area contributed by atoms with E-state index in [0.29, 0.717) is 5.56 Å². The number of phenols is 2. The number of para-hydroxylation sites is 1. The fraction of sp³-hybridized carbons (Fsp3) is 0.100. The van der Waals surface area contributed by atoms with E-state index in [9.17, 15) is 23.2 Å². The number of hydrogen-bond donors (Lipinski definition) is 3. The lowest BCUT2D eigenvalue weighted by Gasteiger charge is -2.17. The highest BCUT2D eigenvalue weighted by atomic mass is 32.2. The van der Waals surface area contributed by atoms with Gasteiger partial charge in [0, 0.05) is 22.6 Å². The second-order valence-corrected chi connectivity index (χ2v) is 7.45. The third-order valence-corrected chi connectivity index (χ3v) is 5.24. The molecular weight excluding hydrogens is 352 g/mol. The first-order valence-corrected chi connectivity index (χ1v) is 9.40. The molecule has 0 heterocycles. The lowest BCUT2D eigenvalue weighted by molar-refractivity contribution is 0.462. The number of aromatic hydroxyl groups is 2. The summed E-state index contributed by atoms with van der Waals surface area (Å²) in [5, 5.41) is 20.9. The average molecular weight is 370 g/mol. The minimum absolute atomic E-state index is 0.0494. The second-order valence-electron chi connectivity index (χ2n) is 6.03. The lowest BCUT2D eigenvalue weighted by Crippen LogP contribution is -1.99. The van der Waals surface area contributed by atoms with Gasteiger partial charge in [0.2, 0.25) is 0 Å². The van der Waals surface area contributed by atoms with Gasteiger partial charge in [-0.15, -0.1) is 0 Å². The van der Waals surface area contributed by atoms with Crippen LogP contribution in [0.1, 0.15) is 24.0 Å². The van der Waals surface area contributed by atoms with Crippen LogP contribution < -0.4 is 0 Å². The lowest BCUT2D eigenvalue weighted by atomic mass is 9.89. The van der Waals surface area contributed by atoms with Gasteiger partial charge >= 0.3 is 0 Å². The van der Waals surface area contributed by atoms with Crippen LogP contribution in [-0.2, 0) is 10.1 Å². The fourth-order valence-corrected chi connectivity index (χ4v) is 3.45. The predicted octanol–water partition coefficient (Wildman–Crippen LogP) is 4.16. The summed E-state index contributed by atoms with van der Waals surface area (Å²) in [6, 6.07) is 18.1. The number of rotatable bonds is 4. The zero-order valence-corrected chi connectivity index (χ0v) is 14.8. The molecule has 6 heteroatoms. The number of hydrogen-bond acceptors (Lipinski definition) is 4. The first-order chi connectivity index (χ1) is 12.3. The van der Waals surface area contributed by atoms with Gasteiger partial charge in [0.25, 0.3) is 10.1 Å². The van der Waals surface area contributed by atoms with E-state index in [1.165, 1.54) is 6.07 Å². The molecule has 0 spiro atoms. The topological polar surface area (TPSA) is 94.8 Å². The number of benzene rings is 3. The van der Waals surface area contributed by atoms with Crippen LogP contribution in [0.15, 0.2) is 71.6 Å². The minimum atomic E-state index is -4.43. The van der Waals surface area contributed by atoms with Gasteiger partial charge in [-0.2, -0.15) is 8.42 Å². The minimum Gasteiger partial charge on any atom is -0.507 e. The zero-order chi connectivity index (χ0) is 18.9. The second kappa shape index (κ2) is 6.82. The maximum Gasteiger partial charge on any atom is 0.294 e. The van der Waals surface area contributed by atoms with Gasteiger partial charge < -0.3 is 10.2 Å². The Morgan fingerprint density at radius 3 is 2.19 bits per heavy atom. The van der Waals surface area contributed by atoms with Gasteiger partial charge in [-0.05, 0) is 23.8 Å². The van der Waals surface area contributed by atoms with Crippen molar-refractivity contribution in [3.8, 4) is 22.6 Å². The van der Waals surface area contributed by atoms with Crippen LogP contribution in [0.3, 0.4) is 0 Å². The largest absolute Gasteiger partial charge is 0.507 e. The molecule has 3 aromatic carbocycles. The zero-order valence-electron chi connectivity index (χ0n) is 14.0. The highest BCUT2D eigenvalue weighted by Gasteiger charge is 2.19. The summed E-state index contributed by atoms with van der Waals surface area (Å²) in [5.41, 5.74) is 2.06. The van der Waals surface area contributed by atoms with Gasteiger partial charge in [-0.3, -0.25) is 4.55 Å². The summed E-state index contributed by atoms with van der Waals surface area (Å²) in [5.74, 6) is -0.355. The van der Waals surface area contributed by atoms with Crippen LogP contribution in [-0.4, -0.2) is 23.2 Å². The molecule has 3 rings (SSSR count). The Morgan fingerprint density at radius 1 is 0.846 bits per heavy atom. The van der Waals surface area contributed by atoms with Gasteiger partial charge in [0.05, 0.1) is 4.90 Å². The molecule has 0 fully saturated rings. The van der Waals surface area contributed by atoms with E-state index in [1.54, 1.807) is 18.2 Å². The molecule has 134 valence electrons. The van der Waals surface area contributed by atoms with Crippen LogP contribution in [0, 0.1) is 0 Å². The molecule has 0 aliphatic heterocycles. The summed E-state index contributed by atoms with van der Waals surface area (Å²) >= 11 is 0. The van der Waals surface area contributed by atoms with Crippen LogP contribution in [0.4, 0.5) is 0 Å². The normalized spacial score (nSPS) is 12.7. The van der Waals surface area contributed by atoms with Crippen molar-refractivity contribution in [1.29, 1.82) is 0 Å². The van der Waals surface area contributed by atoms with Crippen molar-refractivity contribution in [1.82, 2.24) is 0 Å². The van der Waals surface area contributed by atoms with E-state index in [0.717, 1.165) is 17.7 Å². The Balaban J connectivity index is 2.14. The van der Waals surface area contributed by atoms with E-state index in [2.05, 4.69) is 0 Å². The summed E-state index contributed by atoms with van der Waals surface area (Å²) in [6.07, 6.45) is 0. The van der Waals surface area contributed by atoms with Gasteiger partial charge in [-0.1, -0.05) is 55.5 Å². The highest BCUT2D eigenvalue weighted by Crippen LogP contribution is 2.41. The molecule has 0 saturated heterocycles. The molecule has 1 unspecified atom stereocenters. The molecule has 0 amide bonds. The van der Waals surface area contributed by atoms with E-state index < -0.39 is 10.1 Å². The summed E-state index contributed by atoms with van der Waals surface area (Å²) < 4.78 is 32.0. The molecule has 0 aliphatic rings. The predicted molar refractivity (Wildman–Crippen MR) is 99.0 cm³/mol. The summed E-state index contributed by atoms with van der Waals surface area (Å²) in [6.45, 7) is 1.95. The van der Waals surface area contributed by atoms with Gasteiger partial charge in [0.1, 0.15) is 11.5 Å². The molecule has 0 saturated carbocycles. The standard InChI is InChI=1S/C20H18O5S/c1-13(14-6-3-2-4-7-14)16-8-5-9-17(20(16)22)18-12-15(26(23,24)25)10-11-19(18)21/h2-13,21-22H,1H3,(H,23,24,25). The van der Waals surface area contributed by atoms with Crippen LogP contribution in [0.5, 0.6) is 11.5 Å². The Kier molecular flexibility index (Phi) is 4.71. The Bertz CT molecular complexity index is 1040. The van der Waals surface area contributed by atoms with Crippen molar-refractivity contribution in [2.75, 3.05) is 0 Å². The fourth-order valence-electron chi connectivity index (χ4n) is 2.94. The molecule has 3 N–H and O–H groups in total. The van der Waals surface area contributed by atoms with E-state index in [-0.39, 0.29) is 33.4 Å². The first-order valence-electron chi connectivity index (χ1n) is 7.96.